The van der Waals surface area contributed by atoms with Crippen molar-refractivity contribution in [2.24, 2.45) is 0 Å². The molecule has 0 aliphatic carbocycles. The van der Waals surface area contributed by atoms with Gasteiger partial charge in [0.2, 0.25) is 20.8 Å². The zero-order valence-corrected chi connectivity index (χ0v) is 13.3. The number of hydrogen-bond donors (Lipinski definition) is 0. The summed E-state index contributed by atoms with van der Waals surface area (Å²) in [5.74, 6) is -1.63. The first kappa shape index (κ1) is 16.1. The maximum Gasteiger partial charge on any atom is 0.306 e. The number of amides is 1. The SMILES string of the molecule is O=C1CC(S(=O)(=O)Cl)CN1c1cc([N+](=O)[O-])c(F)cc1Br. The number of nitro benzene ring substituents is 1. The van der Waals surface area contributed by atoms with Crippen LogP contribution in [-0.2, 0) is 13.8 Å². The monoisotopic (exact) mass is 400 g/mol. The van der Waals surface area contributed by atoms with Crippen LogP contribution >= 0.6 is 26.6 Å². The molecule has 1 fully saturated rings. The Morgan fingerprint density at radius 2 is 2.10 bits per heavy atom. The fraction of sp³-hybridized carbons (Fsp3) is 0.300. The Morgan fingerprint density at radius 3 is 2.57 bits per heavy atom. The van der Waals surface area contributed by atoms with Crippen molar-refractivity contribution in [3.05, 3.63) is 32.5 Å². The van der Waals surface area contributed by atoms with Crippen LogP contribution in [0.1, 0.15) is 6.42 Å². The van der Waals surface area contributed by atoms with Gasteiger partial charge in [0.1, 0.15) is 5.25 Å². The van der Waals surface area contributed by atoms with Crippen LogP contribution in [0.5, 0.6) is 0 Å². The second-order valence-electron chi connectivity index (χ2n) is 4.32. The van der Waals surface area contributed by atoms with E-state index in [1.807, 2.05) is 0 Å². The van der Waals surface area contributed by atoms with Crippen LogP contribution in [0.4, 0.5) is 15.8 Å². The molecule has 0 spiro atoms. The van der Waals surface area contributed by atoms with E-state index in [9.17, 15) is 27.7 Å². The number of carbonyl (C=O) groups excluding carboxylic acids is 1. The van der Waals surface area contributed by atoms with E-state index in [0.29, 0.717) is 0 Å². The molecule has 1 aromatic carbocycles. The maximum absolute atomic E-state index is 13.4. The van der Waals surface area contributed by atoms with Crippen molar-refractivity contribution in [1.29, 1.82) is 0 Å². The third-order valence-corrected chi connectivity index (χ3v) is 5.49. The van der Waals surface area contributed by atoms with E-state index in [-0.39, 0.29) is 23.1 Å². The lowest BCUT2D eigenvalue weighted by atomic mass is 10.2. The average molecular weight is 402 g/mol. The minimum atomic E-state index is -3.94. The highest BCUT2D eigenvalue weighted by Crippen LogP contribution is 2.36. The van der Waals surface area contributed by atoms with Gasteiger partial charge in [0.15, 0.2) is 0 Å². The molecule has 0 saturated carbocycles. The molecule has 1 amide bonds. The first-order valence-electron chi connectivity index (χ1n) is 5.48. The Hall–Kier alpha value is -1.26. The highest BCUT2D eigenvalue weighted by Gasteiger charge is 2.39. The fourth-order valence-electron chi connectivity index (χ4n) is 1.97. The molecule has 1 unspecified atom stereocenters. The van der Waals surface area contributed by atoms with Gasteiger partial charge in [-0.05, 0) is 22.0 Å². The zero-order valence-electron chi connectivity index (χ0n) is 10.1. The first-order valence-corrected chi connectivity index (χ1v) is 8.65. The summed E-state index contributed by atoms with van der Waals surface area (Å²) >= 11 is 3.00. The van der Waals surface area contributed by atoms with Gasteiger partial charge in [-0.3, -0.25) is 14.9 Å². The summed E-state index contributed by atoms with van der Waals surface area (Å²) in [6.07, 6.45) is -0.330. The number of nitro groups is 1. The topological polar surface area (TPSA) is 97.6 Å². The molecule has 1 aliphatic rings. The van der Waals surface area contributed by atoms with Crippen molar-refractivity contribution in [3.63, 3.8) is 0 Å². The Labute approximate surface area is 131 Å². The smallest absolute Gasteiger partial charge is 0.306 e. The molecule has 7 nitrogen and oxygen atoms in total. The molecule has 1 aliphatic heterocycles. The molecule has 1 saturated heterocycles. The van der Waals surface area contributed by atoms with Gasteiger partial charge >= 0.3 is 5.69 Å². The highest BCUT2D eigenvalue weighted by molar-refractivity contribution is 9.10. The van der Waals surface area contributed by atoms with Gasteiger partial charge in [0.25, 0.3) is 0 Å². The van der Waals surface area contributed by atoms with Crippen molar-refractivity contribution in [2.45, 2.75) is 11.7 Å². The lowest BCUT2D eigenvalue weighted by Gasteiger charge is -2.17. The summed E-state index contributed by atoms with van der Waals surface area (Å²) in [5.41, 5.74) is -0.783. The molecule has 0 radical (unpaired) electrons. The molecule has 2 rings (SSSR count). The second kappa shape index (κ2) is 5.50. The van der Waals surface area contributed by atoms with Crippen LogP contribution in [0.3, 0.4) is 0 Å². The molecular formula is C10H7BrClFN2O5S. The number of carbonyl (C=O) groups is 1. The minimum absolute atomic E-state index is 0.0240. The van der Waals surface area contributed by atoms with Crippen molar-refractivity contribution in [3.8, 4) is 0 Å². The van der Waals surface area contributed by atoms with Gasteiger partial charge in [-0.2, -0.15) is 4.39 Å². The van der Waals surface area contributed by atoms with E-state index in [1.54, 1.807) is 0 Å². The molecule has 21 heavy (non-hydrogen) atoms. The number of nitrogens with zero attached hydrogens (tertiary/aromatic N) is 2. The summed E-state index contributed by atoms with van der Waals surface area (Å²) in [5, 5.41) is 9.63. The summed E-state index contributed by atoms with van der Waals surface area (Å²) in [6, 6.07) is 1.73. The Balaban J connectivity index is 2.45. The molecule has 114 valence electrons. The van der Waals surface area contributed by atoms with E-state index in [1.165, 1.54) is 0 Å². The van der Waals surface area contributed by atoms with Crippen LogP contribution in [0.2, 0.25) is 0 Å². The molecule has 1 aromatic rings. The predicted molar refractivity (Wildman–Crippen MR) is 76.3 cm³/mol. The Kier molecular flexibility index (Phi) is 4.22. The predicted octanol–water partition coefficient (Wildman–Crippen LogP) is 2.17. The third kappa shape index (κ3) is 3.16. The van der Waals surface area contributed by atoms with Gasteiger partial charge in [-0.1, -0.05) is 0 Å². The van der Waals surface area contributed by atoms with Crippen LogP contribution in [0, 0.1) is 15.9 Å². The summed E-state index contributed by atoms with van der Waals surface area (Å²) in [4.78, 5) is 22.7. The zero-order chi connectivity index (χ0) is 15.9. The van der Waals surface area contributed by atoms with E-state index in [2.05, 4.69) is 15.9 Å². The average Bonchev–Trinajstić information content (AvgIpc) is 2.70. The van der Waals surface area contributed by atoms with E-state index in [0.717, 1.165) is 17.0 Å². The Morgan fingerprint density at radius 1 is 1.48 bits per heavy atom. The molecule has 1 atom stereocenters. The van der Waals surface area contributed by atoms with Gasteiger partial charge in [-0.15, -0.1) is 0 Å². The standard InChI is InChI=1S/C10H7BrClFN2O5S/c11-6-2-7(13)9(15(17)18)3-8(6)14-4-5(1-10(14)16)21(12,19)20/h2-3,5H,1,4H2. The van der Waals surface area contributed by atoms with Crippen LogP contribution < -0.4 is 4.90 Å². The quantitative estimate of drug-likeness (QED) is 0.439. The second-order valence-corrected chi connectivity index (χ2v) is 8.08. The summed E-state index contributed by atoms with van der Waals surface area (Å²) in [7, 11) is 1.28. The van der Waals surface area contributed by atoms with Crippen molar-refractivity contribution in [2.75, 3.05) is 11.4 Å². The lowest BCUT2D eigenvalue weighted by molar-refractivity contribution is -0.387. The van der Waals surface area contributed by atoms with Crippen LogP contribution in [0.25, 0.3) is 0 Å². The van der Waals surface area contributed by atoms with Crippen molar-refractivity contribution >= 4 is 52.9 Å². The highest BCUT2D eigenvalue weighted by atomic mass is 79.9. The van der Waals surface area contributed by atoms with Gasteiger partial charge in [0, 0.05) is 34.2 Å². The molecule has 1 heterocycles. The first-order chi connectivity index (χ1) is 9.61. The number of hydrogen-bond acceptors (Lipinski definition) is 5. The number of rotatable bonds is 3. The van der Waals surface area contributed by atoms with Gasteiger partial charge in [-0.25, -0.2) is 8.42 Å². The largest absolute Gasteiger partial charge is 0.310 e. The summed E-state index contributed by atoms with van der Waals surface area (Å²) < 4.78 is 36.1. The normalized spacial score (nSPS) is 19.1. The molecule has 0 aromatic heterocycles. The van der Waals surface area contributed by atoms with E-state index in [4.69, 9.17) is 10.7 Å². The van der Waals surface area contributed by atoms with Crippen LogP contribution in [-0.4, -0.2) is 31.0 Å². The third-order valence-electron chi connectivity index (χ3n) is 2.99. The molecule has 0 bridgehead atoms. The lowest BCUT2D eigenvalue weighted by Crippen LogP contribution is -2.27. The number of halogens is 3. The Bertz CT molecular complexity index is 741. The van der Waals surface area contributed by atoms with Gasteiger partial charge < -0.3 is 4.90 Å². The maximum atomic E-state index is 13.4. The molecular weight excluding hydrogens is 395 g/mol. The minimum Gasteiger partial charge on any atom is -0.310 e. The van der Waals surface area contributed by atoms with Crippen molar-refractivity contribution in [1.82, 2.24) is 0 Å². The number of anilines is 1. The molecule has 11 heteroatoms. The fourth-order valence-corrected chi connectivity index (χ4v) is 3.53. The summed E-state index contributed by atoms with van der Waals surface area (Å²) in [6.45, 7) is -0.244. The number of benzene rings is 1. The van der Waals surface area contributed by atoms with Crippen LogP contribution in [0.15, 0.2) is 16.6 Å². The van der Waals surface area contributed by atoms with E-state index < -0.39 is 36.6 Å². The van der Waals surface area contributed by atoms with Gasteiger partial charge in [0.05, 0.1) is 10.6 Å². The molecule has 0 N–H and O–H groups in total. The van der Waals surface area contributed by atoms with E-state index >= 15 is 0 Å². The van der Waals surface area contributed by atoms with Crippen molar-refractivity contribution < 1.29 is 22.5 Å².